The van der Waals surface area contributed by atoms with Gasteiger partial charge in [0.15, 0.2) is 0 Å². The number of amides is 2. The minimum atomic E-state index is -3.83. The van der Waals surface area contributed by atoms with Crippen molar-refractivity contribution in [2.45, 2.75) is 30.2 Å². The summed E-state index contributed by atoms with van der Waals surface area (Å²) in [4.78, 5) is 26.5. The first-order valence-corrected chi connectivity index (χ1v) is 12.3. The molecule has 3 atom stereocenters. The maximum absolute atomic E-state index is 13.2. The van der Waals surface area contributed by atoms with Crippen molar-refractivity contribution in [3.05, 3.63) is 52.7 Å². The predicted octanol–water partition coefficient (Wildman–Crippen LogP) is 1.62. The Kier molecular flexibility index (Phi) is 5.69. The van der Waals surface area contributed by atoms with E-state index in [1.54, 1.807) is 29.5 Å². The Hall–Kier alpha value is -2.23. The van der Waals surface area contributed by atoms with E-state index < -0.39 is 21.5 Å². The summed E-state index contributed by atoms with van der Waals surface area (Å²) in [6.07, 6.45) is 1.74. The van der Waals surface area contributed by atoms with Crippen LogP contribution in [0.15, 0.2) is 52.7 Å². The number of carbonyl (C=O) groups excluding carboxylic acids is 2. The molecular formula is C21H25N3O4S2. The average Bonchev–Trinajstić information content (AvgIpc) is 3.07. The number of carbonyl (C=O) groups is 2. The third-order valence-corrected chi connectivity index (χ3v) is 8.88. The summed E-state index contributed by atoms with van der Waals surface area (Å²) in [5.41, 5.74) is -0.466. The van der Waals surface area contributed by atoms with E-state index in [4.69, 9.17) is 0 Å². The molecule has 1 aliphatic carbocycles. The Bertz CT molecular complexity index is 1020. The number of hydrogen-bond acceptors (Lipinski definition) is 5. The van der Waals surface area contributed by atoms with E-state index in [1.807, 2.05) is 17.5 Å². The Morgan fingerprint density at radius 2 is 1.90 bits per heavy atom. The fourth-order valence-corrected chi connectivity index (χ4v) is 6.76. The second-order valence-electron chi connectivity index (χ2n) is 7.94. The van der Waals surface area contributed by atoms with Crippen LogP contribution >= 0.6 is 11.3 Å². The van der Waals surface area contributed by atoms with Crippen LogP contribution in [0, 0.1) is 11.3 Å². The van der Waals surface area contributed by atoms with Crippen LogP contribution in [0.3, 0.4) is 0 Å². The molecule has 2 N–H and O–H groups in total. The summed E-state index contributed by atoms with van der Waals surface area (Å²) < 4.78 is 27.7. The van der Waals surface area contributed by atoms with Gasteiger partial charge in [-0.25, -0.2) is 8.42 Å². The Balaban J connectivity index is 1.47. The molecule has 1 saturated heterocycles. The fraction of sp³-hybridized carbons (Fsp3) is 0.429. The summed E-state index contributed by atoms with van der Waals surface area (Å²) >= 11 is 1.66. The van der Waals surface area contributed by atoms with Crippen molar-refractivity contribution in [2.75, 3.05) is 20.1 Å². The monoisotopic (exact) mass is 447 g/mol. The molecule has 1 saturated carbocycles. The molecule has 2 aliphatic rings. The molecule has 1 aromatic carbocycles. The van der Waals surface area contributed by atoms with Gasteiger partial charge < -0.3 is 10.6 Å². The number of hydrogen-bond donors (Lipinski definition) is 2. The minimum absolute atomic E-state index is 0.0545. The van der Waals surface area contributed by atoms with Crippen molar-refractivity contribution in [1.82, 2.24) is 14.9 Å². The maximum atomic E-state index is 13.2. The largest absolute Gasteiger partial charge is 0.358 e. The van der Waals surface area contributed by atoms with Gasteiger partial charge in [0.1, 0.15) is 6.04 Å². The number of benzene rings is 1. The summed E-state index contributed by atoms with van der Waals surface area (Å²) in [6.45, 7) is 0.738. The molecule has 0 bridgehead atoms. The average molecular weight is 448 g/mol. The van der Waals surface area contributed by atoms with Crippen molar-refractivity contribution >= 4 is 33.2 Å². The summed E-state index contributed by atoms with van der Waals surface area (Å²) in [5.74, 6) is -0.653. The van der Waals surface area contributed by atoms with Gasteiger partial charge in [-0.15, -0.1) is 11.3 Å². The van der Waals surface area contributed by atoms with Crippen LogP contribution in [0.2, 0.25) is 0 Å². The highest BCUT2D eigenvalue weighted by Crippen LogP contribution is 2.60. The molecule has 1 spiro atoms. The quantitative estimate of drug-likeness (QED) is 0.674. The van der Waals surface area contributed by atoms with Gasteiger partial charge in [0, 0.05) is 30.9 Å². The van der Waals surface area contributed by atoms with Gasteiger partial charge in [-0.05, 0) is 48.3 Å². The summed E-state index contributed by atoms with van der Waals surface area (Å²) in [6, 6.07) is 11.3. The van der Waals surface area contributed by atoms with Crippen LogP contribution in [0.25, 0.3) is 0 Å². The van der Waals surface area contributed by atoms with Crippen molar-refractivity contribution in [1.29, 1.82) is 0 Å². The number of nitrogens with one attached hydrogen (secondary N) is 2. The van der Waals surface area contributed by atoms with Gasteiger partial charge >= 0.3 is 0 Å². The number of nitrogens with zero attached hydrogens (tertiary/aromatic N) is 1. The van der Waals surface area contributed by atoms with Gasteiger partial charge in [-0.2, -0.15) is 4.31 Å². The molecule has 2 fully saturated rings. The third-order valence-electron chi connectivity index (χ3n) is 6.07. The van der Waals surface area contributed by atoms with Crippen LogP contribution in [0.1, 0.15) is 17.7 Å². The lowest BCUT2D eigenvalue weighted by Crippen LogP contribution is -2.44. The van der Waals surface area contributed by atoms with E-state index in [-0.39, 0.29) is 29.2 Å². The highest BCUT2D eigenvalue weighted by molar-refractivity contribution is 7.89. The van der Waals surface area contributed by atoms with Crippen LogP contribution < -0.4 is 10.6 Å². The predicted molar refractivity (Wildman–Crippen MR) is 114 cm³/mol. The van der Waals surface area contributed by atoms with Gasteiger partial charge in [0.25, 0.3) is 0 Å². The number of sulfonamides is 1. The van der Waals surface area contributed by atoms with Crippen LogP contribution in [0.5, 0.6) is 0 Å². The van der Waals surface area contributed by atoms with E-state index in [0.29, 0.717) is 19.4 Å². The first kappa shape index (κ1) is 21.0. The summed E-state index contributed by atoms with van der Waals surface area (Å²) in [7, 11) is -2.33. The van der Waals surface area contributed by atoms with Crippen LogP contribution in [-0.4, -0.2) is 50.7 Å². The van der Waals surface area contributed by atoms with Crippen LogP contribution in [0.4, 0.5) is 0 Å². The van der Waals surface area contributed by atoms with Crippen LogP contribution in [-0.2, 0) is 26.0 Å². The first-order valence-electron chi connectivity index (χ1n) is 9.96. The van der Waals surface area contributed by atoms with Gasteiger partial charge in [-0.3, -0.25) is 9.59 Å². The topological polar surface area (TPSA) is 95.6 Å². The maximum Gasteiger partial charge on any atom is 0.243 e. The fourth-order valence-electron chi connectivity index (χ4n) is 4.35. The molecule has 7 nitrogen and oxygen atoms in total. The number of rotatable bonds is 7. The van der Waals surface area contributed by atoms with Crippen molar-refractivity contribution in [3.8, 4) is 0 Å². The molecule has 2 amide bonds. The lowest BCUT2D eigenvalue weighted by molar-refractivity contribution is -0.124. The van der Waals surface area contributed by atoms with Crippen molar-refractivity contribution in [2.24, 2.45) is 11.3 Å². The zero-order chi connectivity index (χ0) is 21.4. The van der Waals surface area contributed by atoms with E-state index in [0.717, 1.165) is 6.42 Å². The highest BCUT2D eigenvalue weighted by atomic mass is 32.2. The number of thiophene rings is 1. The lowest BCUT2D eigenvalue weighted by atomic mass is 9.99. The molecule has 4 rings (SSSR count). The SMILES string of the molecule is CNC(=O)[C@@H]1C[C@@]2(C[C@@H]2C(=O)NCCc2cccs2)CN1S(=O)(=O)c1ccccc1. The molecule has 0 unspecified atom stereocenters. The minimum Gasteiger partial charge on any atom is -0.358 e. The third kappa shape index (κ3) is 3.89. The zero-order valence-corrected chi connectivity index (χ0v) is 18.3. The second kappa shape index (κ2) is 8.13. The van der Waals surface area contributed by atoms with Gasteiger partial charge in [0.2, 0.25) is 21.8 Å². The summed E-state index contributed by atoms with van der Waals surface area (Å²) in [5, 5.41) is 7.56. The highest BCUT2D eigenvalue weighted by Gasteiger charge is 2.65. The number of likely N-dealkylation sites (N-methyl/N-ethyl adjacent to an activating group) is 1. The molecule has 2 aromatic rings. The molecule has 0 radical (unpaired) electrons. The Morgan fingerprint density at radius 1 is 1.13 bits per heavy atom. The lowest BCUT2D eigenvalue weighted by Gasteiger charge is -2.22. The molecule has 1 aromatic heterocycles. The van der Waals surface area contributed by atoms with Crippen molar-refractivity contribution < 1.29 is 18.0 Å². The zero-order valence-electron chi connectivity index (χ0n) is 16.7. The molecule has 1 aliphatic heterocycles. The smallest absolute Gasteiger partial charge is 0.243 e. The standard InChI is InChI=1S/C21H25N3O4S2/c1-22-20(26)18-13-21(14-24(18)30(27,28)16-7-3-2-4-8-16)12-17(21)19(25)23-10-9-15-6-5-11-29-15/h2-8,11,17-18H,9-10,12-14H2,1H3,(H,22,26)(H,23,25)/t17-,18+,21+/m1/s1. The van der Waals surface area contributed by atoms with Gasteiger partial charge in [-0.1, -0.05) is 24.3 Å². The molecule has 9 heteroatoms. The Morgan fingerprint density at radius 3 is 2.57 bits per heavy atom. The van der Waals surface area contributed by atoms with E-state index in [9.17, 15) is 18.0 Å². The second-order valence-corrected chi connectivity index (χ2v) is 10.9. The van der Waals surface area contributed by atoms with E-state index >= 15 is 0 Å². The molecule has 160 valence electrons. The molecule has 2 heterocycles. The Labute approximate surface area is 180 Å². The van der Waals surface area contributed by atoms with Gasteiger partial charge in [0.05, 0.1) is 4.90 Å². The van der Waals surface area contributed by atoms with Crippen molar-refractivity contribution in [3.63, 3.8) is 0 Å². The van der Waals surface area contributed by atoms with E-state index in [2.05, 4.69) is 10.6 Å². The first-order chi connectivity index (χ1) is 14.4. The normalized spacial score (nSPS) is 25.9. The van der Waals surface area contributed by atoms with E-state index in [1.165, 1.54) is 28.4 Å². The molecule has 30 heavy (non-hydrogen) atoms. The molecular weight excluding hydrogens is 422 g/mol.